The first-order valence-electron chi connectivity index (χ1n) is 17.1. The molecule has 3 saturated carbocycles. The number of fused-ring (bicyclic) bond motifs is 5. The lowest BCUT2D eigenvalue weighted by molar-refractivity contribution is -0.139. The highest BCUT2D eigenvalue weighted by Crippen LogP contribution is 2.67. The number of benzene rings is 1. The van der Waals surface area contributed by atoms with Gasteiger partial charge >= 0.3 is 12.1 Å². The summed E-state index contributed by atoms with van der Waals surface area (Å²) in [5, 5.41) is 21.8. The maximum absolute atomic E-state index is 12.8. The summed E-state index contributed by atoms with van der Waals surface area (Å²) in [6.45, 7) is 12.3. The van der Waals surface area contributed by atoms with Crippen LogP contribution < -0.4 is 5.32 Å². The molecule has 0 radical (unpaired) electrons. The van der Waals surface area contributed by atoms with Crippen LogP contribution in [0.3, 0.4) is 0 Å². The maximum Gasteiger partial charge on any atom is 0.408 e. The summed E-state index contributed by atoms with van der Waals surface area (Å²) in [6, 6.07) is 5.27. The third-order valence-electron chi connectivity index (χ3n) is 12.5. The third-order valence-corrected chi connectivity index (χ3v) is 12.5. The van der Waals surface area contributed by atoms with E-state index in [2.05, 4.69) is 46.0 Å². The van der Waals surface area contributed by atoms with Crippen LogP contribution in [-0.4, -0.2) is 34.4 Å². The van der Waals surface area contributed by atoms with Crippen molar-refractivity contribution in [3.63, 3.8) is 0 Å². The SMILES string of the molecule is CC(C)CCC[C@@H](C)[C@H]1CC[C@H]2C3CC=C4C[C@@H](OC(=O)NC(Cc5ccc(O)cc5)C(=O)O)CCC4(C)[C@H]3CCC12C. The van der Waals surface area contributed by atoms with Crippen molar-refractivity contribution in [3.05, 3.63) is 41.5 Å². The summed E-state index contributed by atoms with van der Waals surface area (Å²) in [4.78, 5) is 24.7. The van der Waals surface area contributed by atoms with Crippen LogP contribution in [0.2, 0.25) is 0 Å². The molecule has 0 saturated heterocycles. The highest BCUT2D eigenvalue weighted by molar-refractivity contribution is 5.80. The number of rotatable bonds is 10. The smallest absolute Gasteiger partial charge is 0.408 e. The number of ether oxygens (including phenoxy) is 1. The van der Waals surface area contributed by atoms with Crippen LogP contribution in [0.15, 0.2) is 35.9 Å². The van der Waals surface area contributed by atoms with E-state index in [1.54, 1.807) is 12.1 Å². The summed E-state index contributed by atoms with van der Waals surface area (Å²) in [6.07, 6.45) is 15.0. The average Bonchev–Trinajstić information content (AvgIpc) is 3.31. The Kier molecular flexibility index (Phi) is 9.54. The molecule has 43 heavy (non-hydrogen) atoms. The van der Waals surface area contributed by atoms with E-state index in [1.165, 1.54) is 62.7 Å². The fourth-order valence-corrected chi connectivity index (χ4v) is 10.1. The molecular weight excluding hydrogens is 538 g/mol. The number of hydrogen-bond acceptors (Lipinski definition) is 4. The van der Waals surface area contributed by atoms with Crippen molar-refractivity contribution < 1.29 is 24.5 Å². The number of phenolic OH excluding ortho intramolecular Hbond substituents is 1. The molecule has 3 fully saturated rings. The minimum Gasteiger partial charge on any atom is -0.508 e. The van der Waals surface area contributed by atoms with Gasteiger partial charge in [-0.15, -0.1) is 0 Å². The third kappa shape index (κ3) is 6.63. The quantitative estimate of drug-likeness (QED) is 0.236. The topological polar surface area (TPSA) is 95.9 Å². The second kappa shape index (κ2) is 12.9. The minimum absolute atomic E-state index is 0.118. The molecule has 0 aliphatic heterocycles. The number of carbonyl (C=O) groups excluding carboxylic acids is 1. The zero-order chi connectivity index (χ0) is 30.9. The predicted octanol–water partition coefficient (Wildman–Crippen LogP) is 8.52. The van der Waals surface area contributed by atoms with Crippen molar-refractivity contribution in [1.29, 1.82) is 0 Å². The first kappa shape index (κ1) is 31.9. The van der Waals surface area contributed by atoms with E-state index in [4.69, 9.17) is 4.74 Å². The monoisotopic (exact) mass is 593 g/mol. The number of aliphatic carboxylic acids is 1. The number of alkyl carbamates (subject to hydrolysis) is 1. The lowest BCUT2D eigenvalue weighted by atomic mass is 9.47. The normalized spacial score (nSPS) is 34.7. The van der Waals surface area contributed by atoms with Crippen molar-refractivity contribution in [2.45, 2.75) is 124 Å². The van der Waals surface area contributed by atoms with Crippen LogP contribution in [-0.2, 0) is 16.0 Å². The Bertz CT molecular complexity index is 1180. The molecule has 1 amide bonds. The van der Waals surface area contributed by atoms with E-state index in [0.29, 0.717) is 11.3 Å². The molecule has 1 aromatic rings. The van der Waals surface area contributed by atoms with Gasteiger partial charge < -0.3 is 20.3 Å². The van der Waals surface area contributed by atoms with Gasteiger partial charge in [-0.1, -0.05) is 77.7 Å². The van der Waals surface area contributed by atoms with Crippen molar-refractivity contribution in [2.75, 3.05) is 0 Å². The first-order valence-corrected chi connectivity index (χ1v) is 17.1. The van der Waals surface area contributed by atoms with E-state index < -0.39 is 18.1 Å². The molecule has 4 aliphatic carbocycles. The Morgan fingerprint density at radius 1 is 1.00 bits per heavy atom. The van der Waals surface area contributed by atoms with Crippen molar-refractivity contribution in [3.8, 4) is 5.75 Å². The number of amides is 1. The van der Waals surface area contributed by atoms with Gasteiger partial charge in [0.1, 0.15) is 17.9 Å². The van der Waals surface area contributed by atoms with Crippen molar-refractivity contribution >= 4 is 12.1 Å². The van der Waals surface area contributed by atoms with E-state index >= 15 is 0 Å². The second-order valence-electron chi connectivity index (χ2n) is 15.5. The zero-order valence-electron chi connectivity index (χ0n) is 27.1. The fraction of sp³-hybridized carbons (Fsp3) is 0.730. The lowest BCUT2D eigenvalue weighted by Gasteiger charge is -2.58. The largest absolute Gasteiger partial charge is 0.508 e. The number of phenols is 1. The highest BCUT2D eigenvalue weighted by Gasteiger charge is 2.59. The molecule has 4 aliphatic rings. The number of carbonyl (C=O) groups is 2. The van der Waals surface area contributed by atoms with Gasteiger partial charge in [-0.2, -0.15) is 0 Å². The molecule has 0 bridgehead atoms. The van der Waals surface area contributed by atoms with Gasteiger partial charge in [-0.25, -0.2) is 9.59 Å². The minimum atomic E-state index is -1.11. The molecule has 3 N–H and O–H groups in total. The molecule has 238 valence electrons. The van der Waals surface area contributed by atoms with E-state index in [-0.39, 0.29) is 23.7 Å². The Morgan fingerprint density at radius 2 is 1.74 bits per heavy atom. The maximum atomic E-state index is 12.8. The Hall–Kier alpha value is -2.50. The second-order valence-corrected chi connectivity index (χ2v) is 15.5. The van der Waals surface area contributed by atoms with Crippen molar-refractivity contribution in [2.24, 2.45) is 46.3 Å². The Labute approximate surface area is 259 Å². The lowest BCUT2D eigenvalue weighted by Crippen LogP contribution is -2.51. The molecule has 0 spiro atoms. The molecule has 9 atom stereocenters. The van der Waals surface area contributed by atoms with Crippen LogP contribution in [0.5, 0.6) is 5.75 Å². The molecular formula is C37H55NO5. The van der Waals surface area contributed by atoms with Gasteiger partial charge in [-0.3, -0.25) is 0 Å². The van der Waals surface area contributed by atoms with E-state index in [9.17, 15) is 19.8 Å². The molecule has 5 rings (SSSR count). The van der Waals surface area contributed by atoms with Gasteiger partial charge in [0.25, 0.3) is 0 Å². The van der Waals surface area contributed by atoms with Crippen LogP contribution in [0, 0.1) is 46.3 Å². The standard InChI is InChI=1S/C37H55NO5/c1-23(2)7-6-8-24(3)30-15-16-31-29-14-11-26-22-28(17-19-36(26,4)32(29)18-20-37(30,31)5)43-35(42)38-33(34(40)41)21-25-9-12-27(39)13-10-25/h9-13,23-24,28-33,39H,6-8,14-22H2,1-5H3,(H,38,42)(H,40,41)/t24-,28+,29?,30-,31+,32+,33?,36?,37?/m1/s1. The van der Waals surface area contributed by atoms with Crippen LogP contribution in [0.4, 0.5) is 4.79 Å². The summed E-state index contributed by atoms with van der Waals surface area (Å²) < 4.78 is 5.84. The summed E-state index contributed by atoms with van der Waals surface area (Å²) in [5.41, 5.74) is 2.82. The number of aromatic hydroxyl groups is 1. The van der Waals surface area contributed by atoms with Gasteiger partial charge in [0.15, 0.2) is 0 Å². The highest BCUT2D eigenvalue weighted by atomic mass is 16.6. The van der Waals surface area contributed by atoms with Crippen LogP contribution in [0.25, 0.3) is 0 Å². The van der Waals surface area contributed by atoms with Crippen LogP contribution >= 0.6 is 0 Å². The molecule has 0 aromatic heterocycles. The fourth-order valence-electron chi connectivity index (χ4n) is 10.1. The van der Waals surface area contributed by atoms with Gasteiger partial charge in [0.2, 0.25) is 0 Å². The van der Waals surface area contributed by atoms with E-state index in [0.717, 1.165) is 60.8 Å². The summed E-state index contributed by atoms with van der Waals surface area (Å²) >= 11 is 0. The average molecular weight is 594 g/mol. The van der Waals surface area contributed by atoms with E-state index in [1.807, 2.05) is 0 Å². The number of nitrogens with one attached hydrogen (secondary N) is 1. The number of carboxylic acids is 1. The molecule has 0 heterocycles. The summed E-state index contributed by atoms with van der Waals surface area (Å²) in [5.74, 6) is 3.77. The molecule has 6 heteroatoms. The predicted molar refractivity (Wildman–Crippen MR) is 170 cm³/mol. The number of hydrogen-bond donors (Lipinski definition) is 3. The van der Waals surface area contributed by atoms with Gasteiger partial charge in [0.05, 0.1) is 0 Å². The molecule has 4 unspecified atom stereocenters. The van der Waals surface area contributed by atoms with Gasteiger partial charge in [0, 0.05) is 12.8 Å². The number of allylic oxidation sites excluding steroid dienone is 1. The van der Waals surface area contributed by atoms with Crippen LogP contribution in [0.1, 0.15) is 111 Å². The summed E-state index contributed by atoms with van der Waals surface area (Å²) in [7, 11) is 0. The number of carboxylic acid groups (broad SMARTS) is 1. The Balaban J connectivity index is 1.19. The first-order chi connectivity index (χ1) is 20.4. The zero-order valence-corrected chi connectivity index (χ0v) is 27.1. The van der Waals surface area contributed by atoms with Crippen molar-refractivity contribution in [1.82, 2.24) is 5.32 Å². The Morgan fingerprint density at radius 3 is 2.44 bits per heavy atom. The molecule has 1 aromatic carbocycles. The van der Waals surface area contributed by atoms with Gasteiger partial charge in [-0.05, 0) is 109 Å². The molecule has 6 nitrogen and oxygen atoms in total.